The molecule has 0 fully saturated rings. The second-order valence-corrected chi connectivity index (χ2v) is 1.69. The summed E-state index contributed by atoms with van der Waals surface area (Å²) in [7, 11) is 1.57. The number of amides is 1. The van der Waals surface area contributed by atoms with Crippen LogP contribution in [0.5, 0.6) is 0 Å². The largest absolute Gasteiger partial charge is 0.402 e. The molecular formula is C6H12N2O. The van der Waals surface area contributed by atoms with Crippen LogP contribution in [0.2, 0.25) is 0 Å². The first kappa shape index (κ1) is 8.01. The van der Waals surface area contributed by atoms with Crippen molar-refractivity contribution >= 4 is 5.91 Å². The third-order valence-electron chi connectivity index (χ3n) is 0.971. The first-order valence-corrected chi connectivity index (χ1v) is 2.88. The number of hydrogen-bond donors (Lipinski definition) is 2. The third-order valence-corrected chi connectivity index (χ3v) is 0.971. The van der Waals surface area contributed by atoms with Crippen LogP contribution in [0.15, 0.2) is 11.8 Å². The molecule has 0 bridgehead atoms. The molecule has 3 heteroatoms. The summed E-state index contributed by atoms with van der Waals surface area (Å²) in [4.78, 5) is 10.5. The number of carbonyl (C=O) groups excluding carboxylic acids is 1. The minimum absolute atomic E-state index is 0.144. The minimum Gasteiger partial charge on any atom is -0.402 e. The van der Waals surface area contributed by atoms with Crippen molar-refractivity contribution in [3.63, 3.8) is 0 Å². The lowest BCUT2D eigenvalue weighted by atomic mass is 10.3. The van der Waals surface area contributed by atoms with Crippen LogP contribution in [-0.4, -0.2) is 13.0 Å². The van der Waals surface area contributed by atoms with Crippen LogP contribution in [0.4, 0.5) is 0 Å². The van der Waals surface area contributed by atoms with Gasteiger partial charge in [0.25, 0.3) is 0 Å². The summed E-state index contributed by atoms with van der Waals surface area (Å²) < 4.78 is 0. The quantitative estimate of drug-likeness (QED) is 0.514. The van der Waals surface area contributed by atoms with Crippen molar-refractivity contribution in [2.75, 3.05) is 7.05 Å². The van der Waals surface area contributed by atoms with E-state index in [4.69, 9.17) is 5.73 Å². The van der Waals surface area contributed by atoms with E-state index in [1.54, 1.807) is 7.05 Å². The summed E-state index contributed by atoms with van der Waals surface area (Å²) in [5.74, 6) is -0.144. The number of nitrogens with two attached hydrogens (primary N) is 1. The summed E-state index contributed by atoms with van der Waals surface area (Å²) in [6.45, 7) is 1.90. The molecule has 0 aromatic heterocycles. The highest BCUT2D eigenvalue weighted by atomic mass is 16.1. The molecule has 0 saturated heterocycles. The standard InChI is InChI=1S/C6H12N2O/c1-3-5(7)4-6(9)8-2/h4H,3,7H2,1-2H3,(H,8,9). The van der Waals surface area contributed by atoms with Gasteiger partial charge in [-0.3, -0.25) is 4.79 Å². The number of rotatable bonds is 2. The molecule has 0 radical (unpaired) electrons. The Hall–Kier alpha value is -0.990. The predicted octanol–water partition coefficient (Wildman–Crippen LogP) is -0.0150. The Labute approximate surface area is 54.9 Å². The van der Waals surface area contributed by atoms with Crippen molar-refractivity contribution in [1.82, 2.24) is 5.32 Å². The Bertz CT molecular complexity index is 129. The van der Waals surface area contributed by atoms with Crippen molar-refractivity contribution in [2.45, 2.75) is 13.3 Å². The van der Waals surface area contributed by atoms with E-state index in [-0.39, 0.29) is 5.91 Å². The fourth-order valence-electron chi connectivity index (χ4n) is 0.343. The zero-order chi connectivity index (χ0) is 7.28. The molecule has 0 aliphatic rings. The lowest BCUT2D eigenvalue weighted by Gasteiger charge is -1.93. The maximum absolute atomic E-state index is 10.5. The van der Waals surface area contributed by atoms with E-state index in [1.807, 2.05) is 6.92 Å². The minimum atomic E-state index is -0.144. The molecule has 3 N–H and O–H groups in total. The first-order chi connectivity index (χ1) is 4.20. The van der Waals surface area contributed by atoms with Crippen molar-refractivity contribution in [3.05, 3.63) is 11.8 Å². The van der Waals surface area contributed by atoms with Gasteiger partial charge in [0, 0.05) is 18.8 Å². The van der Waals surface area contributed by atoms with Crippen LogP contribution in [-0.2, 0) is 4.79 Å². The van der Waals surface area contributed by atoms with E-state index in [9.17, 15) is 4.79 Å². The predicted molar refractivity (Wildman–Crippen MR) is 36.6 cm³/mol. The van der Waals surface area contributed by atoms with Crippen LogP contribution >= 0.6 is 0 Å². The molecule has 0 aliphatic heterocycles. The van der Waals surface area contributed by atoms with Crippen LogP contribution in [0.1, 0.15) is 13.3 Å². The Morgan fingerprint density at radius 1 is 1.78 bits per heavy atom. The van der Waals surface area contributed by atoms with Crippen LogP contribution in [0, 0.1) is 0 Å². The normalized spacial score (nSPS) is 11.1. The Morgan fingerprint density at radius 3 is 2.67 bits per heavy atom. The van der Waals surface area contributed by atoms with E-state index in [0.717, 1.165) is 0 Å². The number of hydrogen-bond acceptors (Lipinski definition) is 2. The summed E-state index contributed by atoms with van der Waals surface area (Å²) >= 11 is 0. The van der Waals surface area contributed by atoms with Gasteiger partial charge in [0.15, 0.2) is 0 Å². The molecule has 0 heterocycles. The van der Waals surface area contributed by atoms with Gasteiger partial charge in [-0.15, -0.1) is 0 Å². The lowest BCUT2D eigenvalue weighted by molar-refractivity contribution is -0.116. The summed E-state index contributed by atoms with van der Waals surface area (Å²) in [6.07, 6.45) is 2.10. The lowest BCUT2D eigenvalue weighted by Crippen LogP contribution is -2.16. The maximum atomic E-state index is 10.5. The second kappa shape index (κ2) is 3.95. The smallest absolute Gasteiger partial charge is 0.245 e. The summed E-state index contributed by atoms with van der Waals surface area (Å²) in [5, 5.41) is 2.43. The Balaban J connectivity index is 3.79. The van der Waals surface area contributed by atoms with E-state index < -0.39 is 0 Å². The molecule has 0 saturated carbocycles. The van der Waals surface area contributed by atoms with E-state index in [1.165, 1.54) is 6.08 Å². The van der Waals surface area contributed by atoms with Crippen LogP contribution < -0.4 is 11.1 Å². The number of likely N-dealkylation sites (N-methyl/N-ethyl adjacent to an activating group) is 1. The Kier molecular flexibility index (Phi) is 3.51. The van der Waals surface area contributed by atoms with Gasteiger partial charge in [0.1, 0.15) is 0 Å². The molecule has 0 spiro atoms. The van der Waals surface area contributed by atoms with Gasteiger partial charge in [-0.2, -0.15) is 0 Å². The molecule has 9 heavy (non-hydrogen) atoms. The number of nitrogens with one attached hydrogen (secondary N) is 1. The highest BCUT2D eigenvalue weighted by Crippen LogP contribution is 1.87. The van der Waals surface area contributed by atoms with Gasteiger partial charge in [-0.05, 0) is 6.42 Å². The van der Waals surface area contributed by atoms with Gasteiger partial charge in [-0.25, -0.2) is 0 Å². The van der Waals surface area contributed by atoms with E-state index >= 15 is 0 Å². The Morgan fingerprint density at radius 2 is 2.33 bits per heavy atom. The number of carbonyl (C=O) groups is 1. The maximum Gasteiger partial charge on any atom is 0.245 e. The molecule has 0 unspecified atom stereocenters. The molecule has 0 aliphatic carbocycles. The van der Waals surface area contributed by atoms with Gasteiger partial charge in [0.2, 0.25) is 5.91 Å². The van der Waals surface area contributed by atoms with Crippen molar-refractivity contribution in [3.8, 4) is 0 Å². The van der Waals surface area contributed by atoms with E-state index in [0.29, 0.717) is 12.1 Å². The SMILES string of the molecule is CCC(N)=CC(=O)NC. The third kappa shape index (κ3) is 3.58. The fraction of sp³-hybridized carbons (Fsp3) is 0.500. The molecule has 52 valence electrons. The molecule has 0 aromatic rings. The van der Waals surface area contributed by atoms with E-state index in [2.05, 4.69) is 5.32 Å². The van der Waals surface area contributed by atoms with Gasteiger partial charge < -0.3 is 11.1 Å². The van der Waals surface area contributed by atoms with Crippen molar-refractivity contribution < 1.29 is 4.79 Å². The van der Waals surface area contributed by atoms with Gasteiger partial charge in [0.05, 0.1) is 0 Å². The molecule has 1 amide bonds. The van der Waals surface area contributed by atoms with Crippen LogP contribution in [0.3, 0.4) is 0 Å². The van der Waals surface area contributed by atoms with Gasteiger partial charge in [-0.1, -0.05) is 6.92 Å². The van der Waals surface area contributed by atoms with Crippen LogP contribution in [0.25, 0.3) is 0 Å². The average Bonchev–Trinajstić information content (AvgIpc) is 1.87. The monoisotopic (exact) mass is 128 g/mol. The zero-order valence-corrected chi connectivity index (χ0v) is 5.77. The topological polar surface area (TPSA) is 55.1 Å². The first-order valence-electron chi connectivity index (χ1n) is 2.88. The van der Waals surface area contributed by atoms with Gasteiger partial charge >= 0.3 is 0 Å². The second-order valence-electron chi connectivity index (χ2n) is 1.69. The molecule has 0 atom stereocenters. The molecule has 3 nitrogen and oxygen atoms in total. The molecular weight excluding hydrogens is 116 g/mol. The highest BCUT2D eigenvalue weighted by molar-refractivity contribution is 5.87. The number of allylic oxidation sites excluding steroid dienone is 1. The highest BCUT2D eigenvalue weighted by Gasteiger charge is 1.90. The molecule has 0 rings (SSSR count). The fourth-order valence-corrected chi connectivity index (χ4v) is 0.343. The summed E-state index contributed by atoms with van der Waals surface area (Å²) in [6, 6.07) is 0. The average molecular weight is 128 g/mol. The van der Waals surface area contributed by atoms with Crippen molar-refractivity contribution in [2.24, 2.45) is 5.73 Å². The zero-order valence-electron chi connectivity index (χ0n) is 5.77. The molecule has 0 aromatic carbocycles. The summed E-state index contributed by atoms with van der Waals surface area (Å²) in [5.41, 5.74) is 5.96. The van der Waals surface area contributed by atoms with Crippen molar-refractivity contribution in [1.29, 1.82) is 0 Å².